The Morgan fingerprint density at radius 2 is 0.774 bits per heavy atom. The number of nitrogens with one attached hydrogen (secondary N) is 16. The van der Waals surface area contributed by atoms with Crippen LogP contribution in [0.1, 0.15) is 108 Å². The van der Waals surface area contributed by atoms with E-state index >= 15 is 14.4 Å². The first-order chi connectivity index (χ1) is 54.4. The van der Waals surface area contributed by atoms with Gasteiger partial charge < -0.3 is 118 Å². The van der Waals surface area contributed by atoms with Gasteiger partial charge in [0.25, 0.3) is 0 Å². The number of aromatic nitrogens is 2. The van der Waals surface area contributed by atoms with E-state index in [0.29, 0.717) is 38.5 Å². The number of hydrogen-bond donors (Lipinski definition) is 25. The minimum Gasteiger partial charge on any atom is -0.508 e. The molecule has 5 rings (SSSR count). The van der Waals surface area contributed by atoms with Crippen LogP contribution in [-0.4, -0.2) is 218 Å². The normalized spacial score (nSPS) is 13.9. The number of rotatable bonds is 50. The number of aromatic hydroxyl groups is 1. The summed E-state index contributed by atoms with van der Waals surface area (Å²) in [5.74, 6) is -19.0. The van der Waals surface area contributed by atoms with E-state index in [1.54, 1.807) is 74.8 Å². The van der Waals surface area contributed by atoms with Crippen LogP contribution in [0.4, 0.5) is 0 Å². The monoisotopic (exact) mass is 1640 g/mol. The van der Waals surface area contributed by atoms with Crippen molar-refractivity contribution in [1.82, 2.24) is 79.1 Å². The highest BCUT2D eigenvalue weighted by molar-refractivity contribution is 7.80. The van der Waals surface area contributed by atoms with Crippen molar-refractivity contribution in [3.8, 4) is 5.75 Å². The molecule has 42 heteroatoms. The van der Waals surface area contributed by atoms with Gasteiger partial charge in [0.05, 0.1) is 13.0 Å². The molecule has 11 atom stereocenters. The third kappa shape index (κ3) is 31.9. The van der Waals surface area contributed by atoms with Crippen LogP contribution in [0.3, 0.4) is 0 Å². The number of benzene rings is 3. The van der Waals surface area contributed by atoms with Gasteiger partial charge in [-0.2, -0.15) is 25.3 Å². The van der Waals surface area contributed by atoms with Crippen LogP contribution in [-0.2, 0) is 101 Å². The number of hydrogen-bond acceptors (Lipinski definition) is 21. The topological polar surface area (TPSA) is 673 Å². The lowest BCUT2D eigenvalue weighted by molar-refractivity contribution is -0.139. The van der Waals surface area contributed by atoms with Gasteiger partial charge in [0.15, 0.2) is 5.96 Å². The molecule has 115 heavy (non-hydrogen) atoms. The lowest BCUT2D eigenvalue weighted by Crippen LogP contribution is -2.61. The van der Waals surface area contributed by atoms with Gasteiger partial charge in [-0.1, -0.05) is 62.4 Å². The highest BCUT2D eigenvalue weighted by Crippen LogP contribution is 2.23. The summed E-state index contributed by atoms with van der Waals surface area (Å²) >= 11 is 8.50. The van der Waals surface area contributed by atoms with E-state index in [4.69, 9.17) is 34.1 Å². The zero-order valence-corrected chi connectivity index (χ0v) is 65.1. The van der Waals surface area contributed by atoms with Crippen molar-refractivity contribution in [2.75, 3.05) is 24.6 Å². The number of para-hydroxylation sites is 2. The summed E-state index contributed by atoms with van der Waals surface area (Å²) in [6.45, 7) is 4.01. The van der Waals surface area contributed by atoms with Crippen LogP contribution in [0.25, 0.3) is 21.8 Å². The van der Waals surface area contributed by atoms with Crippen molar-refractivity contribution >= 4 is 154 Å². The van der Waals surface area contributed by atoms with E-state index < -0.39 is 230 Å². The number of fused-ring (bicyclic) bond motifs is 2. The number of phenolic OH excluding ortho intramolecular Hbond substituents is 1. The van der Waals surface area contributed by atoms with Crippen molar-refractivity contribution in [3.63, 3.8) is 0 Å². The Bertz CT molecular complexity index is 4330. The van der Waals surface area contributed by atoms with E-state index in [9.17, 15) is 77.3 Å². The van der Waals surface area contributed by atoms with Crippen molar-refractivity contribution in [2.45, 2.75) is 177 Å². The Labute approximate surface area is 670 Å². The summed E-state index contributed by atoms with van der Waals surface area (Å²) in [7, 11) is 0. The molecule has 624 valence electrons. The van der Waals surface area contributed by atoms with Crippen LogP contribution in [0.5, 0.6) is 5.75 Å². The SMILES string of the molecule is CC(=O)N[C@@H](CS)C(=O)N[C@@H](CCC(N)=O)C(=O)N[C@@H](CCCNC(=N)N)C(=O)N[C@@H](Cc1c[nH]c2ccccc12)C(=O)N[C@@H](CCC(N)=O)C(=O)N[C@@H](CS)C(=O)N[C@@H](Cc1ccc(O)cc1)C(=O)N[C@@H](Cc1c[nH]c2ccccc12)C(=O)N[C@@H](CCC(C)C)C(=O)N[C@@H](CCC(=O)O)C(=O)N[C@@H](CC(N)=O)C(=O)NCC(N)=O. The van der Waals surface area contributed by atoms with Crippen molar-refractivity contribution in [3.05, 3.63) is 102 Å². The number of phenols is 1. The molecule has 0 radical (unpaired) electrons. The summed E-state index contributed by atoms with van der Waals surface area (Å²) in [6, 6.07) is 1.21. The van der Waals surface area contributed by atoms with E-state index in [2.05, 4.69) is 104 Å². The molecule has 0 aliphatic heterocycles. The summed E-state index contributed by atoms with van der Waals surface area (Å²) in [6.07, 6.45) is -2.13. The summed E-state index contributed by atoms with van der Waals surface area (Å²) in [5, 5.41) is 61.2. The lowest BCUT2D eigenvalue weighted by atomic mass is 9.99. The number of carbonyl (C=O) groups excluding carboxylic acids is 16. The summed E-state index contributed by atoms with van der Waals surface area (Å²) in [4.78, 5) is 237. The fourth-order valence-electron chi connectivity index (χ4n) is 11.8. The zero-order valence-electron chi connectivity index (χ0n) is 63.4. The fraction of sp³-hybridized carbons (Fsp3) is 0.452. The van der Waals surface area contributed by atoms with Crippen LogP contribution < -0.4 is 97.8 Å². The first-order valence-corrected chi connectivity index (χ1v) is 37.8. The third-order valence-corrected chi connectivity index (χ3v) is 18.6. The second-order valence-corrected chi connectivity index (χ2v) is 28.2. The Hall–Kier alpha value is -12.5. The maximum Gasteiger partial charge on any atom is 0.303 e. The van der Waals surface area contributed by atoms with Gasteiger partial charge in [-0.25, -0.2) is 0 Å². The highest BCUT2D eigenvalue weighted by atomic mass is 32.1. The van der Waals surface area contributed by atoms with Gasteiger partial charge in [-0.15, -0.1) is 0 Å². The van der Waals surface area contributed by atoms with Gasteiger partial charge in [0.1, 0.15) is 72.2 Å². The second-order valence-electron chi connectivity index (χ2n) is 27.5. The molecule has 0 aliphatic rings. The quantitative estimate of drug-likeness (QED) is 0.00752. The molecule has 0 bridgehead atoms. The summed E-state index contributed by atoms with van der Waals surface area (Å²) < 4.78 is 0. The number of carbonyl (C=O) groups is 17. The van der Waals surface area contributed by atoms with Crippen LogP contribution in [0.15, 0.2) is 85.2 Å². The standard InChI is InChI=1S/C73H101N21O19S2/c1-36(2)14-19-47(64(105)86-50(22-25-61(101)102)66(107)93-54(30-59(76)99)62(103)83-33-60(77)100)87-70(111)53(29-40-32-82-45-12-7-5-10-43(40)45)92-68(109)51(27-38-15-17-41(96)18-16-38)90-72(113)56(35-115)94-67(108)49(21-24-58(75)98)88-69(110)52(28-39-31-81-44-11-6-4-9-42(39)44)91-63(104)46(13-8-26-80-73(78)79)85-65(106)48(20-23-57(74)97)89-71(112)55(34-114)84-37(3)95/h4-7,9-12,15-18,31-32,36,46-56,81-82,96,114-115H,8,13-14,19-30,33-35H2,1-3H3,(H2,74,97)(H2,75,98)(H2,76,99)(H2,77,100)(H,83,103)(H,84,95)(H,85,106)(H,86,105)(H,87,111)(H,88,110)(H,89,112)(H,90,113)(H,91,104)(H,92,109)(H,93,107)(H,94,108)(H,101,102)(H4,78,79,80)/t46-,47-,48-,49-,50-,51-,52-,53-,54-,55-,56-/m0/s1. The van der Waals surface area contributed by atoms with E-state index in [-0.39, 0.29) is 68.9 Å². The first-order valence-electron chi connectivity index (χ1n) is 36.6. The number of thiol groups is 2. The van der Waals surface area contributed by atoms with Gasteiger partial charge in [0, 0.05) is 97.7 Å². The number of carboxylic acid groups (broad SMARTS) is 1. The molecule has 40 nitrogen and oxygen atoms in total. The maximum absolute atomic E-state index is 15.2. The molecule has 0 saturated carbocycles. The smallest absolute Gasteiger partial charge is 0.303 e. The highest BCUT2D eigenvalue weighted by Gasteiger charge is 2.38. The molecule has 2 aromatic heterocycles. The van der Waals surface area contributed by atoms with Crippen molar-refractivity contribution < 1.29 is 91.7 Å². The molecule has 16 amide bonds. The zero-order chi connectivity index (χ0) is 85.2. The predicted octanol–water partition coefficient (Wildman–Crippen LogP) is -4.83. The molecular formula is C73H101N21O19S2. The molecular weight excluding hydrogens is 1540 g/mol. The molecule has 28 N–H and O–H groups in total. The Morgan fingerprint density at radius 3 is 1.17 bits per heavy atom. The summed E-state index contributed by atoms with van der Waals surface area (Å²) in [5.41, 5.74) is 29.5. The average Bonchev–Trinajstić information content (AvgIpc) is 1.72. The second kappa shape index (κ2) is 46.5. The molecule has 0 spiro atoms. The number of primary amides is 4. The number of guanidine groups is 1. The Morgan fingerprint density at radius 1 is 0.409 bits per heavy atom. The molecule has 0 saturated heterocycles. The van der Waals surface area contributed by atoms with E-state index in [1.165, 1.54) is 24.3 Å². The molecule has 2 heterocycles. The number of aliphatic carboxylic acids is 1. The number of nitrogens with two attached hydrogens (primary N) is 5. The minimum absolute atomic E-state index is 0.0187. The largest absolute Gasteiger partial charge is 0.508 e. The molecule has 5 aromatic rings. The first kappa shape index (κ1) is 93.1. The number of aromatic amines is 2. The van der Waals surface area contributed by atoms with Gasteiger partial charge >= 0.3 is 5.97 Å². The molecule has 0 fully saturated rings. The lowest BCUT2D eigenvalue weighted by Gasteiger charge is -2.28. The number of amides is 16. The van der Waals surface area contributed by atoms with Crippen molar-refractivity contribution in [2.24, 2.45) is 34.6 Å². The van der Waals surface area contributed by atoms with E-state index in [0.717, 1.165) is 6.92 Å². The van der Waals surface area contributed by atoms with E-state index in [1.807, 2.05) is 0 Å². The van der Waals surface area contributed by atoms with Gasteiger partial charge in [-0.3, -0.25) is 86.9 Å². The van der Waals surface area contributed by atoms with Crippen LogP contribution in [0.2, 0.25) is 0 Å². The maximum atomic E-state index is 15.2. The average molecular weight is 1640 g/mol. The molecule has 3 aromatic carbocycles. The van der Waals surface area contributed by atoms with Crippen LogP contribution in [0, 0.1) is 11.3 Å². The number of carboxylic acids is 1. The third-order valence-electron chi connectivity index (χ3n) is 17.8. The minimum atomic E-state index is -1.77. The molecule has 0 unspecified atom stereocenters. The van der Waals surface area contributed by atoms with Crippen molar-refractivity contribution in [1.29, 1.82) is 5.41 Å². The van der Waals surface area contributed by atoms with Gasteiger partial charge in [0.2, 0.25) is 94.5 Å². The Balaban J connectivity index is 1.50. The van der Waals surface area contributed by atoms with Crippen LogP contribution >= 0.6 is 25.3 Å². The fourth-order valence-corrected chi connectivity index (χ4v) is 12.3. The molecule has 0 aliphatic carbocycles. The number of H-pyrrole nitrogens is 2. The predicted molar refractivity (Wildman–Crippen MR) is 423 cm³/mol. The Kier molecular flexibility index (Phi) is 37.6. The van der Waals surface area contributed by atoms with Gasteiger partial charge in [-0.05, 0) is 91.8 Å².